The summed E-state index contributed by atoms with van der Waals surface area (Å²) in [5.74, 6) is 0. The van der Waals surface area contributed by atoms with Crippen LogP contribution in [0.15, 0.2) is 5.16 Å². The van der Waals surface area contributed by atoms with E-state index in [-0.39, 0.29) is 0 Å². The van der Waals surface area contributed by atoms with E-state index in [0.29, 0.717) is 12.8 Å². The third-order valence-corrected chi connectivity index (χ3v) is 0.495. The Morgan fingerprint density at radius 1 is 1.57 bits per heavy atom. The van der Waals surface area contributed by atoms with Crippen LogP contribution in [-0.2, 0) is 4.79 Å². The summed E-state index contributed by atoms with van der Waals surface area (Å²) in [5, 5.41) is 10.4. The van der Waals surface area contributed by atoms with Gasteiger partial charge < -0.3 is 10.0 Å². The number of hydrogen-bond donors (Lipinski definition) is 1. The van der Waals surface area contributed by atoms with Crippen LogP contribution in [0.4, 0.5) is 0 Å². The first-order valence-corrected chi connectivity index (χ1v) is 2.01. The minimum Gasteiger partial charge on any atom is -0.411 e. The molecular weight excluding hydrogens is 94.0 g/mol. The fourth-order valence-corrected chi connectivity index (χ4v) is 0.200. The van der Waals surface area contributed by atoms with Crippen LogP contribution in [0.25, 0.3) is 0 Å². The predicted octanol–water partition coefficient (Wildman–Crippen LogP) is 0.426. The maximum atomic E-state index is 9.54. The first kappa shape index (κ1) is 6.14. The SMILES string of the molecule is O=CCC/C=N\O. The van der Waals surface area contributed by atoms with E-state index in [2.05, 4.69) is 5.16 Å². The van der Waals surface area contributed by atoms with E-state index >= 15 is 0 Å². The van der Waals surface area contributed by atoms with Gasteiger partial charge in [-0.15, -0.1) is 5.16 Å². The summed E-state index contributed by atoms with van der Waals surface area (Å²) in [6.45, 7) is 0. The van der Waals surface area contributed by atoms with Gasteiger partial charge in [0.2, 0.25) is 0 Å². The normalized spacial score (nSPS) is 9.71. The van der Waals surface area contributed by atoms with E-state index < -0.39 is 0 Å². The minimum absolute atomic E-state index is 0.435. The molecule has 40 valence electrons. The fourth-order valence-electron chi connectivity index (χ4n) is 0.200. The molecule has 0 radical (unpaired) electrons. The highest BCUT2D eigenvalue weighted by Crippen LogP contribution is 1.75. The Morgan fingerprint density at radius 2 is 2.29 bits per heavy atom. The Labute approximate surface area is 41.6 Å². The van der Waals surface area contributed by atoms with Crippen LogP contribution >= 0.6 is 0 Å². The van der Waals surface area contributed by atoms with E-state index in [1.54, 1.807) is 0 Å². The molecule has 0 aliphatic carbocycles. The molecule has 0 aromatic carbocycles. The van der Waals surface area contributed by atoms with E-state index in [1.807, 2.05) is 0 Å². The summed E-state index contributed by atoms with van der Waals surface area (Å²) in [4.78, 5) is 9.54. The molecule has 0 saturated carbocycles. The molecule has 0 fully saturated rings. The standard InChI is InChI=1S/C4H7NO2/c6-4-2-1-3-5-7/h3-4,7H,1-2H2/b5-3-. The quantitative estimate of drug-likeness (QED) is 0.184. The van der Waals surface area contributed by atoms with E-state index in [9.17, 15) is 4.79 Å². The number of unbranched alkanes of at least 4 members (excludes halogenated alkanes) is 1. The zero-order chi connectivity index (χ0) is 5.54. The fraction of sp³-hybridized carbons (Fsp3) is 0.500. The summed E-state index contributed by atoms with van der Waals surface area (Å²) in [6, 6.07) is 0. The van der Waals surface area contributed by atoms with Crippen LogP contribution in [0.1, 0.15) is 12.8 Å². The molecule has 0 unspecified atom stereocenters. The van der Waals surface area contributed by atoms with Crippen molar-refractivity contribution in [3.8, 4) is 0 Å². The number of nitrogens with zero attached hydrogens (tertiary/aromatic N) is 1. The molecule has 0 rings (SSSR count). The molecule has 1 N–H and O–H groups in total. The average molecular weight is 101 g/mol. The molecule has 7 heavy (non-hydrogen) atoms. The van der Waals surface area contributed by atoms with Crippen molar-refractivity contribution in [2.45, 2.75) is 12.8 Å². The van der Waals surface area contributed by atoms with E-state index in [4.69, 9.17) is 5.21 Å². The van der Waals surface area contributed by atoms with Crippen molar-refractivity contribution in [3.63, 3.8) is 0 Å². The van der Waals surface area contributed by atoms with Crippen molar-refractivity contribution in [1.29, 1.82) is 0 Å². The summed E-state index contributed by atoms with van der Waals surface area (Å²) in [7, 11) is 0. The second-order valence-corrected chi connectivity index (χ2v) is 1.04. The highest BCUT2D eigenvalue weighted by molar-refractivity contribution is 5.62. The lowest BCUT2D eigenvalue weighted by Crippen LogP contribution is -1.75. The Bertz CT molecular complexity index is 70.1. The summed E-state index contributed by atoms with van der Waals surface area (Å²) >= 11 is 0. The van der Waals surface area contributed by atoms with Gasteiger partial charge in [-0.3, -0.25) is 0 Å². The Kier molecular flexibility index (Phi) is 4.51. The van der Waals surface area contributed by atoms with Gasteiger partial charge >= 0.3 is 0 Å². The molecule has 0 aliphatic rings. The van der Waals surface area contributed by atoms with Gasteiger partial charge in [0.05, 0.1) is 0 Å². The lowest BCUT2D eigenvalue weighted by atomic mass is 10.4. The van der Waals surface area contributed by atoms with Gasteiger partial charge in [-0.05, 0) is 6.42 Å². The van der Waals surface area contributed by atoms with E-state index in [1.165, 1.54) is 6.21 Å². The van der Waals surface area contributed by atoms with Crippen molar-refractivity contribution in [3.05, 3.63) is 0 Å². The Balaban J connectivity index is 2.82. The molecule has 0 amide bonds. The number of carbonyl (C=O) groups excluding carboxylic acids is 1. The van der Waals surface area contributed by atoms with Crippen LogP contribution in [-0.4, -0.2) is 17.7 Å². The van der Waals surface area contributed by atoms with Crippen LogP contribution in [0.5, 0.6) is 0 Å². The maximum absolute atomic E-state index is 9.54. The number of rotatable bonds is 3. The van der Waals surface area contributed by atoms with Gasteiger partial charge in [0.1, 0.15) is 6.29 Å². The third-order valence-electron chi connectivity index (χ3n) is 0.495. The molecule has 3 heteroatoms. The molecule has 0 bridgehead atoms. The van der Waals surface area contributed by atoms with Gasteiger partial charge in [-0.25, -0.2) is 0 Å². The van der Waals surface area contributed by atoms with Crippen molar-refractivity contribution < 1.29 is 10.0 Å². The molecule has 0 aromatic heterocycles. The van der Waals surface area contributed by atoms with Crippen molar-refractivity contribution in [2.75, 3.05) is 0 Å². The molecule has 0 aromatic rings. The number of aldehydes is 1. The van der Waals surface area contributed by atoms with E-state index in [0.717, 1.165) is 6.29 Å². The summed E-state index contributed by atoms with van der Waals surface area (Å²) in [5.41, 5.74) is 0. The molecule has 0 heterocycles. The van der Waals surface area contributed by atoms with Gasteiger partial charge in [0.15, 0.2) is 0 Å². The van der Waals surface area contributed by atoms with Crippen LogP contribution in [0.3, 0.4) is 0 Å². The van der Waals surface area contributed by atoms with Crippen LogP contribution in [0.2, 0.25) is 0 Å². The maximum Gasteiger partial charge on any atom is 0.120 e. The lowest BCUT2D eigenvalue weighted by Gasteiger charge is -1.74. The molecule has 0 atom stereocenters. The van der Waals surface area contributed by atoms with Gasteiger partial charge in [0, 0.05) is 12.6 Å². The molecule has 0 saturated heterocycles. The highest BCUT2D eigenvalue weighted by atomic mass is 16.4. The molecule has 0 spiro atoms. The summed E-state index contributed by atoms with van der Waals surface area (Å²) < 4.78 is 0. The summed E-state index contributed by atoms with van der Waals surface area (Å²) in [6.07, 6.45) is 3.03. The third kappa shape index (κ3) is 5.14. The second kappa shape index (κ2) is 5.14. The smallest absolute Gasteiger partial charge is 0.120 e. The highest BCUT2D eigenvalue weighted by Gasteiger charge is 1.74. The van der Waals surface area contributed by atoms with Crippen molar-refractivity contribution in [1.82, 2.24) is 0 Å². The first-order valence-electron chi connectivity index (χ1n) is 2.01. The topological polar surface area (TPSA) is 49.7 Å². The number of carbonyl (C=O) groups is 1. The average Bonchev–Trinajstić information content (AvgIpc) is 1.69. The van der Waals surface area contributed by atoms with Crippen LogP contribution < -0.4 is 0 Å². The first-order chi connectivity index (χ1) is 3.41. The molecule has 0 aliphatic heterocycles. The van der Waals surface area contributed by atoms with Gasteiger partial charge in [0.25, 0.3) is 0 Å². The lowest BCUT2D eigenvalue weighted by molar-refractivity contribution is -0.107. The Morgan fingerprint density at radius 3 is 2.71 bits per heavy atom. The largest absolute Gasteiger partial charge is 0.411 e. The molecular formula is C4H7NO2. The number of hydrogen-bond acceptors (Lipinski definition) is 3. The van der Waals surface area contributed by atoms with Gasteiger partial charge in [-0.1, -0.05) is 0 Å². The van der Waals surface area contributed by atoms with Gasteiger partial charge in [-0.2, -0.15) is 0 Å². The Hall–Kier alpha value is -0.860. The van der Waals surface area contributed by atoms with Crippen molar-refractivity contribution in [2.24, 2.45) is 5.16 Å². The monoisotopic (exact) mass is 101 g/mol. The zero-order valence-electron chi connectivity index (χ0n) is 3.87. The second-order valence-electron chi connectivity index (χ2n) is 1.04. The van der Waals surface area contributed by atoms with Crippen LogP contribution in [0, 0.1) is 0 Å². The zero-order valence-corrected chi connectivity index (χ0v) is 3.87. The minimum atomic E-state index is 0.435. The number of oxime groups is 1. The van der Waals surface area contributed by atoms with Crippen molar-refractivity contribution >= 4 is 12.5 Å². The predicted molar refractivity (Wildman–Crippen MR) is 25.6 cm³/mol. The molecule has 3 nitrogen and oxygen atoms in total.